The van der Waals surface area contributed by atoms with Crippen molar-refractivity contribution in [3.63, 3.8) is 0 Å². The second kappa shape index (κ2) is 64.1. The Balaban J connectivity index is 3.32. The largest absolute Gasteiger partial charge is 0.466 e. The first kappa shape index (κ1) is 72.6. The molecule has 0 saturated heterocycles. The van der Waals surface area contributed by atoms with Crippen molar-refractivity contribution >= 4 is 11.9 Å². The first-order chi connectivity index (χ1) is 36.5. The van der Waals surface area contributed by atoms with Crippen LogP contribution in [0, 0.1) is 0 Å². The molecule has 0 heterocycles. The molecule has 0 fully saturated rings. The van der Waals surface area contributed by atoms with Gasteiger partial charge in [0.15, 0.2) is 0 Å². The van der Waals surface area contributed by atoms with E-state index in [0.717, 1.165) is 38.5 Å². The SMILES string of the molecule is CCCCCCCCCCCCC/C=C/C(O)C(CO)NC(=O)CCCCCCCCCCCCCCCCCCCCCCCCCCCCCCOC(=O)CCCCCCCCCCCCCCCCCC. The predicted molar refractivity (Wildman–Crippen MR) is 324 cm³/mol. The number of esters is 1. The van der Waals surface area contributed by atoms with Crippen LogP contribution in [0.15, 0.2) is 12.2 Å². The van der Waals surface area contributed by atoms with E-state index in [-0.39, 0.29) is 18.5 Å². The molecule has 0 saturated carbocycles. The van der Waals surface area contributed by atoms with E-state index in [1.165, 1.54) is 321 Å². The summed E-state index contributed by atoms with van der Waals surface area (Å²) in [6, 6.07) is -0.624. The Hall–Kier alpha value is -1.40. The number of hydrogen-bond donors (Lipinski definition) is 3. The summed E-state index contributed by atoms with van der Waals surface area (Å²) < 4.78 is 5.50. The summed E-state index contributed by atoms with van der Waals surface area (Å²) in [7, 11) is 0. The lowest BCUT2D eigenvalue weighted by Gasteiger charge is -2.20. The molecular weight excluding hydrogens is 911 g/mol. The molecule has 0 radical (unpaired) electrons. The molecule has 2 atom stereocenters. The fraction of sp³-hybridized carbons (Fsp3) is 0.941. The minimum absolute atomic E-state index is 0.0227. The number of ether oxygens (including phenoxy) is 1. The Morgan fingerprint density at radius 2 is 0.622 bits per heavy atom. The Morgan fingerprint density at radius 3 is 0.919 bits per heavy atom. The molecular formula is C68H133NO5. The third kappa shape index (κ3) is 59.8. The third-order valence-electron chi connectivity index (χ3n) is 16.1. The van der Waals surface area contributed by atoms with Gasteiger partial charge in [-0.3, -0.25) is 9.59 Å². The van der Waals surface area contributed by atoms with Crippen LogP contribution in [0.1, 0.15) is 386 Å². The maximum Gasteiger partial charge on any atom is 0.305 e. The Bertz CT molecular complexity index is 1110. The van der Waals surface area contributed by atoms with Crippen LogP contribution >= 0.6 is 0 Å². The van der Waals surface area contributed by atoms with Crippen LogP contribution in [-0.4, -0.2) is 47.4 Å². The minimum Gasteiger partial charge on any atom is -0.466 e. The van der Waals surface area contributed by atoms with E-state index in [4.69, 9.17) is 4.74 Å². The fourth-order valence-electron chi connectivity index (χ4n) is 10.9. The molecule has 0 aromatic carbocycles. The highest BCUT2D eigenvalue weighted by atomic mass is 16.5. The highest BCUT2D eigenvalue weighted by Crippen LogP contribution is 2.19. The molecule has 0 spiro atoms. The van der Waals surface area contributed by atoms with Crippen molar-refractivity contribution in [3.8, 4) is 0 Å². The van der Waals surface area contributed by atoms with Gasteiger partial charge in [0.05, 0.1) is 25.4 Å². The van der Waals surface area contributed by atoms with E-state index >= 15 is 0 Å². The molecule has 0 aliphatic rings. The Labute approximate surface area is 463 Å². The van der Waals surface area contributed by atoms with Crippen molar-refractivity contribution in [1.29, 1.82) is 0 Å². The van der Waals surface area contributed by atoms with Gasteiger partial charge in [0.25, 0.3) is 0 Å². The van der Waals surface area contributed by atoms with Gasteiger partial charge in [0.1, 0.15) is 0 Å². The van der Waals surface area contributed by atoms with Gasteiger partial charge in [0, 0.05) is 12.8 Å². The first-order valence-electron chi connectivity index (χ1n) is 34.0. The minimum atomic E-state index is -0.840. The van der Waals surface area contributed by atoms with Gasteiger partial charge < -0.3 is 20.3 Å². The number of hydrogen-bond acceptors (Lipinski definition) is 5. The summed E-state index contributed by atoms with van der Waals surface area (Å²) in [5.74, 6) is -0.0403. The zero-order valence-electron chi connectivity index (χ0n) is 50.4. The molecule has 0 aliphatic carbocycles. The molecule has 440 valence electrons. The van der Waals surface area contributed by atoms with Crippen LogP contribution in [0.4, 0.5) is 0 Å². The summed E-state index contributed by atoms with van der Waals surface area (Å²) in [6.45, 7) is 4.94. The summed E-state index contributed by atoms with van der Waals surface area (Å²) in [4.78, 5) is 24.5. The molecule has 0 bridgehead atoms. The van der Waals surface area contributed by atoms with Crippen LogP contribution in [0.5, 0.6) is 0 Å². The van der Waals surface area contributed by atoms with E-state index in [0.29, 0.717) is 19.4 Å². The normalized spacial score (nSPS) is 12.5. The van der Waals surface area contributed by atoms with Gasteiger partial charge in [-0.1, -0.05) is 353 Å². The quantitative estimate of drug-likeness (QED) is 0.0320. The van der Waals surface area contributed by atoms with Crippen LogP contribution < -0.4 is 5.32 Å². The number of rotatable bonds is 64. The number of unbranched alkanes of at least 4 members (excludes halogenated alkanes) is 53. The van der Waals surface area contributed by atoms with Gasteiger partial charge in [0.2, 0.25) is 5.91 Å². The third-order valence-corrected chi connectivity index (χ3v) is 16.1. The molecule has 0 rings (SSSR count). The Kier molecular flexibility index (Phi) is 62.9. The van der Waals surface area contributed by atoms with Crippen molar-refractivity contribution in [1.82, 2.24) is 5.32 Å². The summed E-state index contributed by atoms with van der Waals surface area (Å²) in [6.07, 6.45) is 78.6. The number of nitrogens with one attached hydrogen (secondary N) is 1. The topological polar surface area (TPSA) is 95.9 Å². The summed E-state index contributed by atoms with van der Waals surface area (Å²) in [5, 5.41) is 23.1. The van der Waals surface area contributed by atoms with Crippen LogP contribution in [-0.2, 0) is 14.3 Å². The number of carbonyl (C=O) groups is 2. The molecule has 6 heteroatoms. The van der Waals surface area contributed by atoms with Crippen molar-refractivity contribution in [2.75, 3.05) is 13.2 Å². The zero-order chi connectivity index (χ0) is 53.6. The highest BCUT2D eigenvalue weighted by Gasteiger charge is 2.18. The standard InChI is InChI=1S/C68H133NO5/c1-3-5-7-9-11-13-15-17-18-34-38-42-46-50-54-58-62-68(73)74-63-59-55-51-47-43-39-35-32-30-28-26-24-22-20-19-21-23-25-27-29-31-33-37-41-45-49-53-57-61-67(72)69-65(64-70)66(71)60-56-52-48-44-40-36-16-14-12-10-8-6-4-2/h56,60,65-66,70-71H,3-55,57-59,61-64H2,1-2H3,(H,69,72)/b60-56+. The van der Waals surface area contributed by atoms with Crippen molar-refractivity contribution in [2.45, 2.75) is 398 Å². The highest BCUT2D eigenvalue weighted by molar-refractivity contribution is 5.76. The van der Waals surface area contributed by atoms with Gasteiger partial charge >= 0.3 is 5.97 Å². The zero-order valence-corrected chi connectivity index (χ0v) is 50.4. The van der Waals surface area contributed by atoms with Gasteiger partial charge in [-0.2, -0.15) is 0 Å². The van der Waals surface area contributed by atoms with E-state index in [1.807, 2.05) is 6.08 Å². The second-order valence-electron chi connectivity index (χ2n) is 23.5. The molecule has 1 amide bonds. The molecule has 6 nitrogen and oxygen atoms in total. The number of aliphatic hydroxyl groups excluding tert-OH is 2. The average molecular weight is 1040 g/mol. The maximum atomic E-state index is 12.5. The van der Waals surface area contributed by atoms with Crippen LogP contribution in [0.3, 0.4) is 0 Å². The monoisotopic (exact) mass is 1040 g/mol. The second-order valence-corrected chi connectivity index (χ2v) is 23.5. The molecule has 0 aliphatic heterocycles. The molecule has 2 unspecified atom stereocenters. The number of amides is 1. The molecule has 3 N–H and O–H groups in total. The molecule has 74 heavy (non-hydrogen) atoms. The average Bonchev–Trinajstić information content (AvgIpc) is 3.40. The maximum absolute atomic E-state index is 12.5. The number of carbonyl (C=O) groups excluding carboxylic acids is 2. The van der Waals surface area contributed by atoms with Gasteiger partial charge in [-0.15, -0.1) is 0 Å². The van der Waals surface area contributed by atoms with Gasteiger partial charge in [-0.05, 0) is 32.1 Å². The fourth-order valence-corrected chi connectivity index (χ4v) is 10.9. The summed E-state index contributed by atoms with van der Waals surface area (Å²) in [5.41, 5.74) is 0. The van der Waals surface area contributed by atoms with Crippen molar-refractivity contribution in [2.24, 2.45) is 0 Å². The summed E-state index contributed by atoms with van der Waals surface area (Å²) >= 11 is 0. The smallest absolute Gasteiger partial charge is 0.305 e. The van der Waals surface area contributed by atoms with E-state index in [1.54, 1.807) is 6.08 Å². The first-order valence-corrected chi connectivity index (χ1v) is 34.0. The van der Waals surface area contributed by atoms with E-state index in [2.05, 4.69) is 19.2 Å². The molecule has 0 aromatic heterocycles. The van der Waals surface area contributed by atoms with E-state index in [9.17, 15) is 19.8 Å². The van der Waals surface area contributed by atoms with Gasteiger partial charge in [-0.25, -0.2) is 0 Å². The lowest BCUT2D eigenvalue weighted by Crippen LogP contribution is -2.45. The number of allylic oxidation sites excluding steroid dienone is 1. The Morgan fingerprint density at radius 1 is 0.365 bits per heavy atom. The predicted octanol–water partition coefficient (Wildman–Crippen LogP) is 21.6. The lowest BCUT2D eigenvalue weighted by molar-refractivity contribution is -0.143. The lowest BCUT2D eigenvalue weighted by atomic mass is 10.0. The number of aliphatic hydroxyl groups is 2. The van der Waals surface area contributed by atoms with Crippen LogP contribution in [0.2, 0.25) is 0 Å². The van der Waals surface area contributed by atoms with Crippen molar-refractivity contribution in [3.05, 3.63) is 12.2 Å². The van der Waals surface area contributed by atoms with E-state index < -0.39 is 12.1 Å². The molecule has 0 aromatic rings. The van der Waals surface area contributed by atoms with Crippen LogP contribution in [0.25, 0.3) is 0 Å². The van der Waals surface area contributed by atoms with Crippen molar-refractivity contribution < 1.29 is 24.5 Å².